The Morgan fingerprint density at radius 1 is 1.07 bits per heavy atom. The summed E-state index contributed by atoms with van der Waals surface area (Å²) in [6.07, 6.45) is -0.162. The normalized spacial score (nSPS) is 13.7. The molecule has 1 amide bonds. The van der Waals surface area contributed by atoms with Gasteiger partial charge < -0.3 is 10.1 Å². The number of nitrogens with zero attached hydrogens (tertiary/aromatic N) is 1. The maximum atomic E-state index is 12.8. The Labute approximate surface area is 160 Å². The number of hydrogen-bond acceptors (Lipinski definition) is 4. The fourth-order valence-corrected chi connectivity index (χ4v) is 2.82. The predicted octanol–water partition coefficient (Wildman–Crippen LogP) is 4.26. The van der Waals surface area contributed by atoms with E-state index in [0.29, 0.717) is 11.3 Å². The number of nitrogens with one attached hydrogen (secondary N) is 1. The Balaban J connectivity index is 2.10. The fraction of sp³-hybridized carbons (Fsp3) is 0.318. The number of anilines is 1. The summed E-state index contributed by atoms with van der Waals surface area (Å²) in [6, 6.07) is 18.2. The van der Waals surface area contributed by atoms with E-state index in [0.717, 1.165) is 12.0 Å². The van der Waals surface area contributed by atoms with Crippen LogP contribution in [-0.4, -0.2) is 18.0 Å². The third kappa shape index (κ3) is 5.18. The average Bonchev–Trinajstić information content (AvgIpc) is 2.69. The van der Waals surface area contributed by atoms with E-state index in [4.69, 9.17) is 10.00 Å². The van der Waals surface area contributed by atoms with Crippen LogP contribution in [0.25, 0.3) is 0 Å². The number of ether oxygens (including phenoxy) is 1. The highest BCUT2D eigenvalue weighted by atomic mass is 16.5. The van der Waals surface area contributed by atoms with Crippen molar-refractivity contribution in [1.82, 2.24) is 0 Å². The molecule has 0 bridgehead atoms. The van der Waals surface area contributed by atoms with Gasteiger partial charge in [0.25, 0.3) is 5.91 Å². The quantitative estimate of drug-likeness (QED) is 0.745. The van der Waals surface area contributed by atoms with Crippen molar-refractivity contribution in [2.75, 3.05) is 5.32 Å². The molecule has 1 N–H and O–H groups in total. The maximum Gasteiger partial charge on any atom is 0.314 e. The van der Waals surface area contributed by atoms with Gasteiger partial charge in [-0.25, -0.2) is 0 Å². The molecule has 0 spiro atoms. The molecule has 3 atom stereocenters. The Morgan fingerprint density at radius 3 is 2.33 bits per heavy atom. The van der Waals surface area contributed by atoms with Crippen LogP contribution in [-0.2, 0) is 14.3 Å². The van der Waals surface area contributed by atoms with Crippen LogP contribution in [0.5, 0.6) is 0 Å². The van der Waals surface area contributed by atoms with Crippen LogP contribution in [0.15, 0.2) is 54.6 Å². The zero-order valence-electron chi connectivity index (χ0n) is 15.8. The van der Waals surface area contributed by atoms with Crippen LogP contribution in [0, 0.1) is 17.2 Å². The number of nitriles is 1. The summed E-state index contributed by atoms with van der Waals surface area (Å²) in [5.41, 5.74) is 1.62. The molecular formula is C22H24N2O3. The van der Waals surface area contributed by atoms with Gasteiger partial charge in [-0.15, -0.1) is 0 Å². The predicted molar refractivity (Wildman–Crippen MR) is 104 cm³/mol. The van der Waals surface area contributed by atoms with Crippen LogP contribution in [0.2, 0.25) is 0 Å². The summed E-state index contributed by atoms with van der Waals surface area (Å²) >= 11 is 0. The van der Waals surface area contributed by atoms with Crippen molar-refractivity contribution in [3.63, 3.8) is 0 Å². The molecule has 0 fully saturated rings. The van der Waals surface area contributed by atoms with Crippen LogP contribution in [0.1, 0.15) is 44.2 Å². The Morgan fingerprint density at radius 2 is 1.70 bits per heavy atom. The number of amides is 1. The van der Waals surface area contributed by atoms with Gasteiger partial charge in [-0.05, 0) is 30.5 Å². The minimum Gasteiger partial charge on any atom is -0.452 e. The highest BCUT2D eigenvalue weighted by Crippen LogP contribution is 2.28. The van der Waals surface area contributed by atoms with Gasteiger partial charge in [0.05, 0.1) is 17.2 Å². The summed E-state index contributed by atoms with van der Waals surface area (Å²) in [7, 11) is 0. The van der Waals surface area contributed by atoms with E-state index < -0.39 is 23.9 Å². The van der Waals surface area contributed by atoms with Gasteiger partial charge in [-0.2, -0.15) is 5.26 Å². The molecule has 5 nitrogen and oxygen atoms in total. The number of esters is 1. The first-order valence-corrected chi connectivity index (χ1v) is 9.03. The van der Waals surface area contributed by atoms with E-state index in [9.17, 15) is 9.59 Å². The monoisotopic (exact) mass is 364 g/mol. The first-order chi connectivity index (χ1) is 13.0. The van der Waals surface area contributed by atoms with Crippen molar-refractivity contribution in [2.45, 2.75) is 39.2 Å². The van der Waals surface area contributed by atoms with Crippen molar-refractivity contribution in [3.05, 3.63) is 65.7 Å². The van der Waals surface area contributed by atoms with E-state index >= 15 is 0 Å². The summed E-state index contributed by atoms with van der Waals surface area (Å²) in [6.45, 7) is 5.54. The van der Waals surface area contributed by atoms with Gasteiger partial charge in [0.2, 0.25) is 0 Å². The first kappa shape index (κ1) is 20.2. The molecule has 0 aliphatic rings. The van der Waals surface area contributed by atoms with E-state index in [1.165, 1.54) is 6.92 Å². The fourth-order valence-electron chi connectivity index (χ4n) is 2.82. The number of para-hydroxylation sites is 1. The van der Waals surface area contributed by atoms with Gasteiger partial charge in [-0.1, -0.05) is 62.7 Å². The highest BCUT2D eigenvalue weighted by Gasteiger charge is 2.30. The lowest BCUT2D eigenvalue weighted by molar-refractivity contribution is -0.155. The molecular weight excluding hydrogens is 340 g/mol. The van der Waals surface area contributed by atoms with Crippen molar-refractivity contribution in [3.8, 4) is 6.07 Å². The highest BCUT2D eigenvalue weighted by molar-refractivity contribution is 5.96. The molecule has 0 radical (unpaired) electrons. The van der Waals surface area contributed by atoms with Crippen molar-refractivity contribution in [1.29, 1.82) is 5.26 Å². The number of carbonyl (C=O) groups is 2. The second-order valence-electron chi connectivity index (χ2n) is 6.50. The minimum atomic E-state index is -0.973. The second kappa shape index (κ2) is 9.54. The average molecular weight is 364 g/mol. The summed E-state index contributed by atoms with van der Waals surface area (Å²) < 4.78 is 5.46. The zero-order chi connectivity index (χ0) is 19.8. The van der Waals surface area contributed by atoms with E-state index in [1.807, 2.05) is 50.2 Å². The molecule has 0 heterocycles. The van der Waals surface area contributed by atoms with Crippen LogP contribution >= 0.6 is 0 Å². The molecule has 2 rings (SSSR count). The molecule has 140 valence electrons. The molecule has 0 aliphatic carbocycles. The lowest BCUT2D eigenvalue weighted by Gasteiger charge is -2.24. The maximum absolute atomic E-state index is 12.8. The Hall–Kier alpha value is -3.13. The molecule has 5 heteroatoms. The molecule has 2 aromatic carbocycles. The molecule has 3 unspecified atom stereocenters. The van der Waals surface area contributed by atoms with Crippen LogP contribution < -0.4 is 5.32 Å². The van der Waals surface area contributed by atoms with Gasteiger partial charge in [0.1, 0.15) is 6.07 Å². The van der Waals surface area contributed by atoms with Gasteiger partial charge in [0.15, 0.2) is 6.10 Å². The van der Waals surface area contributed by atoms with E-state index in [2.05, 4.69) is 5.32 Å². The lowest BCUT2D eigenvalue weighted by atomic mass is 9.85. The van der Waals surface area contributed by atoms with Crippen molar-refractivity contribution >= 4 is 17.6 Å². The number of rotatable bonds is 7. The standard InChI is InChI=1S/C22H24N2O3/c1-4-15(2)20(17-10-6-5-7-11-17)22(26)27-16(3)21(25)24-19-13-9-8-12-18(19)14-23/h5-13,15-16,20H,4H2,1-3H3,(H,24,25). The van der Waals surface area contributed by atoms with Crippen molar-refractivity contribution < 1.29 is 14.3 Å². The Bertz CT molecular complexity index is 827. The SMILES string of the molecule is CCC(C)C(C(=O)OC(C)C(=O)Nc1ccccc1C#N)c1ccccc1. The van der Waals surface area contributed by atoms with Crippen LogP contribution in [0.3, 0.4) is 0 Å². The molecule has 0 saturated heterocycles. The third-order valence-corrected chi connectivity index (χ3v) is 4.59. The molecule has 0 aromatic heterocycles. The first-order valence-electron chi connectivity index (χ1n) is 9.03. The number of hydrogen-bond donors (Lipinski definition) is 1. The number of carbonyl (C=O) groups excluding carboxylic acids is 2. The largest absolute Gasteiger partial charge is 0.452 e. The van der Waals surface area contributed by atoms with Crippen LogP contribution in [0.4, 0.5) is 5.69 Å². The van der Waals surface area contributed by atoms with Crippen molar-refractivity contribution in [2.24, 2.45) is 5.92 Å². The zero-order valence-corrected chi connectivity index (χ0v) is 15.8. The minimum absolute atomic E-state index is 0.0782. The smallest absolute Gasteiger partial charge is 0.314 e. The molecule has 0 aliphatic heterocycles. The van der Waals surface area contributed by atoms with E-state index in [1.54, 1.807) is 24.3 Å². The topological polar surface area (TPSA) is 79.2 Å². The summed E-state index contributed by atoms with van der Waals surface area (Å²) in [4.78, 5) is 25.2. The Kier molecular flexibility index (Phi) is 7.13. The molecule has 27 heavy (non-hydrogen) atoms. The molecule has 0 saturated carbocycles. The van der Waals surface area contributed by atoms with Gasteiger partial charge in [-0.3, -0.25) is 9.59 Å². The second-order valence-corrected chi connectivity index (χ2v) is 6.50. The summed E-state index contributed by atoms with van der Waals surface area (Å²) in [5, 5.41) is 11.8. The number of benzene rings is 2. The third-order valence-electron chi connectivity index (χ3n) is 4.59. The van der Waals surface area contributed by atoms with Gasteiger partial charge >= 0.3 is 5.97 Å². The summed E-state index contributed by atoms with van der Waals surface area (Å²) in [5.74, 6) is -1.25. The lowest BCUT2D eigenvalue weighted by Crippen LogP contribution is -2.33. The van der Waals surface area contributed by atoms with E-state index in [-0.39, 0.29) is 5.92 Å². The van der Waals surface area contributed by atoms with Gasteiger partial charge in [0, 0.05) is 0 Å². The molecule has 2 aromatic rings.